The number of carbonyl (C=O) groups excluding carboxylic acids is 2. The number of benzene rings is 1. The van der Waals surface area contributed by atoms with Crippen LogP contribution in [0.25, 0.3) is 0 Å². The van der Waals surface area contributed by atoms with Crippen LogP contribution < -0.4 is 0 Å². The molecule has 0 heterocycles. The van der Waals surface area contributed by atoms with Gasteiger partial charge in [-0.1, -0.05) is 29.3 Å². The summed E-state index contributed by atoms with van der Waals surface area (Å²) in [5.41, 5.74) is 0.728. The topological polar surface area (TPSA) is 43.4 Å². The maximum absolute atomic E-state index is 11.1. The Morgan fingerprint density at radius 2 is 1.94 bits per heavy atom. The van der Waals surface area contributed by atoms with Crippen molar-refractivity contribution in [1.82, 2.24) is 0 Å². The highest BCUT2D eigenvalue weighted by Crippen LogP contribution is 2.22. The van der Waals surface area contributed by atoms with Crippen molar-refractivity contribution < 1.29 is 14.3 Å². The van der Waals surface area contributed by atoms with E-state index in [9.17, 15) is 9.59 Å². The van der Waals surface area contributed by atoms with E-state index < -0.39 is 5.97 Å². The molecular formula is C11H10Cl2O3. The Morgan fingerprint density at radius 3 is 2.50 bits per heavy atom. The molecule has 0 aliphatic carbocycles. The third-order valence-electron chi connectivity index (χ3n) is 1.78. The van der Waals surface area contributed by atoms with Gasteiger partial charge in [-0.25, -0.2) is 0 Å². The number of ketones is 1. The molecule has 0 bridgehead atoms. The second-order valence-corrected chi connectivity index (χ2v) is 4.10. The molecule has 0 radical (unpaired) electrons. The summed E-state index contributed by atoms with van der Waals surface area (Å²) in [5, 5.41) is 0.849. The molecule has 0 amide bonds. The van der Waals surface area contributed by atoms with E-state index in [0.29, 0.717) is 10.0 Å². The normalized spacial score (nSPS) is 9.94. The average molecular weight is 261 g/mol. The first kappa shape index (κ1) is 13.0. The van der Waals surface area contributed by atoms with Crippen molar-refractivity contribution in [2.45, 2.75) is 20.0 Å². The molecule has 5 heteroatoms. The third-order valence-corrected chi connectivity index (χ3v) is 2.52. The largest absolute Gasteiger partial charge is 0.460 e. The Bertz CT molecular complexity index is 416. The van der Waals surface area contributed by atoms with Crippen molar-refractivity contribution in [2.24, 2.45) is 0 Å². The van der Waals surface area contributed by atoms with Crippen molar-refractivity contribution >= 4 is 35.0 Å². The van der Waals surface area contributed by atoms with E-state index in [0.717, 1.165) is 5.56 Å². The second kappa shape index (κ2) is 5.87. The molecule has 0 aliphatic heterocycles. The summed E-state index contributed by atoms with van der Waals surface area (Å²) in [7, 11) is 0. The summed E-state index contributed by atoms with van der Waals surface area (Å²) >= 11 is 11.5. The van der Waals surface area contributed by atoms with Crippen molar-refractivity contribution in [1.29, 1.82) is 0 Å². The molecule has 86 valence electrons. The van der Waals surface area contributed by atoms with Crippen LogP contribution in [-0.4, -0.2) is 11.8 Å². The van der Waals surface area contributed by atoms with Gasteiger partial charge < -0.3 is 4.74 Å². The zero-order valence-corrected chi connectivity index (χ0v) is 10.1. The molecule has 0 aromatic heterocycles. The molecule has 0 N–H and O–H groups in total. The van der Waals surface area contributed by atoms with Crippen LogP contribution in [0.4, 0.5) is 0 Å². The number of ether oxygens (including phenoxy) is 1. The molecular weight excluding hydrogens is 251 g/mol. The average Bonchev–Trinajstić information content (AvgIpc) is 2.19. The quantitative estimate of drug-likeness (QED) is 0.618. The van der Waals surface area contributed by atoms with Gasteiger partial charge in [0, 0.05) is 0 Å². The number of carbonyl (C=O) groups is 2. The lowest BCUT2D eigenvalue weighted by atomic mass is 10.2. The van der Waals surface area contributed by atoms with Gasteiger partial charge in [0.2, 0.25) is 0 Å². The van der Waals surface area contributed by atoms with Gasteiger partial charge in [0.1, 0.15) is 18.8 Å². The summed E-state index contributed by atoms with van der Waals surface area (Å²) in [6.45, 7) is 1.42. The maximum Gasteiger partial charge on any atom is 0.313 e. The summed E-state index contributed by atoms with van der Waals surface area (Å²) in [6.07, 6.45) is -0.207. The van der Waals surface area contributed by atoms with Crippen molar-refractivity contribution in [3.8, 4) is 0 Å². The molecule has 0 spiro atoms. The first-order chi connectivity index (χ1) is 7.49. The molecule has 1 rings (SSSR count). The molecule has 0 saturated carbocycles. The lowest BCUT2D eigenvalue weighted by Crippen LogP contribution is -2.08. The van der Waals surface area contributed by atoms with Gasteiger partial charge in [-0.05, 0) is 24.6 Å². The van der Waals surface area contributed by atoms with E-state index in [1.807, 2.05) is 0 Å². The van der Waals surface area contributed by atoms with E-state index >= 15 is 0 Å². The number of Topliss-reactive ketones (excluding diaryl/α,β-unsaturated/α-hetero) is 1. The van der Waals surface area contributed by atoms with Crippen molar-refractivity contribution in [3.05, 3.63) is 33.8 Å². The van der Waals surface area contributed by atoms with Gasteiger partial charge in [-0.3, -0.25) is 9.59 Å². The van der Waals surface area contributed by atoms with Gasteiger partial charge >= 0.3 is 5.97 Å². The Morgan fingerprint density at radius 1 is 1.25 bits per heavy atom. The Kier molecular flexibility index (Phi) is 4.77. The van der Waals surface area contributed by atoms with E-state index in [2.05, 4.69) is 0 Å². The number of halogens is 2. The summed E-state index contributed by atoms with van der Waals surface area (Å²) < 4.78 is 4.87. The molecule has 3 nitrogen and oxygen atoms in total. The maximum atomic E-state index is 11.1. The number of hydrogen-bond donors (Lipinski definition) is 0. The van der Waals surface area contributed by atoms with E-state index in [-0.39, 0.29) is 18.8 Å². The first-order valence-corrected chi connectivity index (χ1v) is 5.33. The van der Waals surface area contributed by atoms with Crippen LogP contribution in [0.5, 0.6) is 0 Å². The first-order valence-electron chi connectivity index (χ1n) is 4.58. The number of esters is 1. The Labute approximate surface area is 103 Å². The smallest absolute Gasteiger partial charge is 0.313 e. The minimum atomic E-state index is -0.543. The minimum absolute atomic E-state index is 0.0863. The SMILES string of the molecule is CC(=O)CC(=O)OCc1ccc(Cl)c(Cl)c1. The summed E-state index contributed by atoms with van der Waals surface area (Å²) in [5.74, 6) is -0.766. The second-order valence-electron chi connectivity index (χ2n) is 3.29. The fraction of sp³-hybridized carbons (Fsp3) is 0.273. The van der Waals surface area contributed by atoms with E-state index in [1.54, 1.807) is 18.2 Å². The predicted molar refractivity (Wildman–Crippen MR) is 61.6 cm³/mol. The van der Waals surface area contributed by atoms with Crippen LogP contribution in [0, 0.1) is 0 Å². The third kappa shape index (κ3) is 4.21. The Balaban J connectivity index is 2.51. The molecule has 16 heavy (non-hydrogen) atoms. The van der Waals surface area contributed by atoms with Crippen LogP contribution in [0.15, 0.2) is 18.2 Å². The standard InChI is InChI=1S/C11H10Cl2O3/c1-7(14)4-11(15)16-6-8-2-3-9(12)10(13)5-8/h2-3,5H,4,6H2,1H3. The van der Waals surface area contributed by atoms with Crippen LogP contribution in [0.2, 0.25) is 10.0 Å². The van der Waals surface area contributed by atoms with E-state index in [4.69, 9.17) is 27.9 Å². The highest BCUT2D eigenvalue weighted by atomic mass is 35.5. The monoisotopic (exact) mass is 260 g/mol. The van der Waals surface area contributed by atoms with Crippen molar-refractivity contribution in [2.75, 3.05) is 0 Å². The fourth-order valence-electron chi connectivity index (χ4n) is 1.05. The molecule has 0 atom stereocenters. The number of rotatable bonds is 4. The molecule has 0 unspecified atom stereocenters. The lowest BCUT2D eigenvalue weighted by Gasteiger charge is -2.04. The molecule has 1 aromatic carbocycles. The molecule has 0 aliphatic rings. The lowest BCUT2D eigenvalue weighted by molar-refractivity contribution is -0.146. The van der Waals surface area contributed by atoms with Gasteiger partial charge in [-0.2, -0.15) is 0 Å². The number of hydrogen-bond acceptors (Lipinski definition) is 3. The summed E-state index contributed by atoms with van der Waals surface area (Å²) in [4.78, 5) is 21.7. The predicted octanol–water partition coefficient (Wildman–Crippen LogP) is 3.02. The van der Waals surface area contributed by atoms with Crippen LogP contribution >= 0.6 is 23.2 Å². The van der Waals surface area contributed by atoms with Crippen LogP contribution in [-0.2, 0) is 20.9 Å². The molecule has 0 fully saturated rings. The Hall–Kier alpha value is -1.06. The van der Waals surface area contributed by atoms with Gasteiger partial charge in [0.05, 0.1) is 10.0 Å². The minimum Gasteiger partial charge on any atom is -0.460 e. The van der Waals surface area contributed by atoms with E-state index in [1.165, 1.54) is 6.92 Å². The fourth-order valence-corrected chi connectivity index (χ4v) is 1.37. The van der Waals surface area contributed by atoms with Crippen molar-refractivity contribution in [3.63, 3.8) is 0 Å². The van der Waals surface area contributed by atoms with Gasteiger partial charge in [0.25, 0.3) is 0 Å². The zero-order valence-electron chi connectivity index (χ0n) is 8.63. The molecule has 0 saturated heterocycles. The zero-order chi connectivity index (χ0) is 12.1. The molecule has 1 aromatic rings. The van der Waals surface area contributed by atoms with Gasteiger partial charge in [0.15, 0.2) is 0 Å². The van der Waals surface area contributed by atoms with Crippen LogP contribution in [0.1, 0.15) is 18.9 Å². The highest BCUT2D eigenvalue weighted by Gasteiger charge is 2.07. The van der Waals surface area contributed by atoms with Gasteiger partial charge in [-0.15, -0.1) is 0 Å². The highest BCUT2D eigenvalue weighted by molar-refractivity contribution is 6.42. The van der Waals surface area contributed by atoms with Crippen LogP contribution in [0.3, 0.4) is 0 Å². The summed E-state index contributed by atoms with van der Waals surface area (Å²) in [6, 6.07) is 4.94.